The van der Waals surface area contributed by atoms with Crippen molar-refractivity contribution in [2.45, 2.75) is 13.0 Å². The van der Waals surface area contributed by atoms with Crippen LogP contribution in [0.3, 0.4) is 0 Å². The molecule has 2 aromatic carbocycles. The fraction of sp³-hybridized carbons (Fsp3) is 0.250. The zero-order valence-corrected chi connectivity index (χ0v) is 12.5. The zero-order chi connectivity index (χ0) is 15.2. The summed E-state index contributed by atoms with van der Waals surface area (Å²) in [6, 6.07) is 12.5. The van der Waals surface area contributed by atoms with Crippen LogP contribution in [0.15, 0.2) is 42.5 Å². The van der Waals surface area contributed by atoms with E-state index in [2.05, 4.69) is 0 Å². The largest absolute Gasteiger partial charge is 0.491 e. The van der Waals surface area contributed by atoms with Gasteiger partial charge in [-0.25, -0.2) is 0 Å². The Kier molecular flexibility index (Phi) is 5.31. The number of ether oxygens (including phenoxy) is 2. The van der Waals surface area contributed by atoms with Crippen molar-refractivity contribution in [3.63, 3.8) is 0 Å². The number of halogens is 1. The van der Waals surface area contributed by atoms with Gasteiger partial charge in [-0.3, -0.25) is 0 Å². The molecule has 1 atom stereocenters. The summed E-state index contributed by atoms with van der Waals surface area (Å²) >= 11 is 6.02. The molecular formula is C16H18ClNO3. The van der Waals surface area contributed by atoms with E-state index in [1.165, 1.54) is 0 Å². The van der Waals surface area contributed by atoms with Crippen molar-refractivity contribution in [1.29, 1.82) is 0 Å². The number of hydrogen-bond acceptors (Lipinski definition) is 4. The Labute approximate surface area is 129 Å². The van der Waals surface area contributed by atoms with Crippen molar-refractivity contribution in [2.24, 2.45) is 0 Å². The molecule has 0 saturated carbocycles. The second-order valence-electron chi connectivity index (χ2n) is 4.78. The molecule has 112 valence electrons. The Balaban J connectivity index is 1.80. The molecule has 1 unspecified atom stereocenters. The van der Waals surface area contributed by atoms with Crippen LogP contribution in [0.4, 0.5) is 5.69 Å². The first-order valence-corrected chi connectivity index (χ1v) is 6.98. The van der Waals surface area contributed by atoms with E-state index < -0.39 is 6.10 Å². The predicted molar refractivity (Wildman–Crippen MR) is 84.0 cm³/mol. The fourth-order valence-corrected chi connectivity index (χ4v) is 1.88. The number of aliphatic hydroxyl groups excluding tert-OH is 1. The number of aryl methyl sites for hydroxylation is 1. The molecule has 0 aliphatic rings. The molecule has 0 aliphatic carbocycles. The number of aliphatic hydroxyl groups is 1. The van der Waals surface area contributed by atoms with Crippen molar-refractivity contribution >= 4 is 17.3 Å². The molecule has 3 N–H and O–H groups in total. The van der Waals surface area contributed by atoms with Crippen LogP contribution in [0.2, 0.25) is 5.02 Å². The highest BCUT2D eigenvalue weighted by Gasteiger charge is 2.09. The van der Waals surface area contributed by atoms with Crippen LogP contribution in [0.5, 0.6) is 11.5 Å². The Morgan fingerprint density at radius 2 is 1.76 bits per heavy atom. The molecule has 0 fully saturated rings. The predicted octanol–water partition coefficient (Wildman–Crippen LogP) is 3.05. The summed E-state index contributed by atoms with van der Waals surface area (Å²) in [7, 11) is 0. The van der Waals surface area contributed by atoms with Gasteiger partial charge >= 0.3 is 0 Å². The van der Waals surface area contributed by atoms with Crippen LogP contribution in [-0.2, 0) is 0 Å². The molecule has 0 spiro atoms. The third kappa shape index (κ3) is 4.85. The number of nitrogens with two attached hydrogens (primary N) is 1. The lowest BCUT2D eigenvalue weighted by Crippen LogP contribution is -2.25. The second-order valence-corrected chi connectivity index (χ2v) is 5.19. The van der Waals surface area contributed by atoms with Gasteiger partial charge in [0.25, 0.3) is 0 Å². The summed E-state index contributed by atoms with van der Waals surface area (Å²) in [6.07, 6.45) is -0.751. The highest BCUT2D eigenvalue weighted by atomic mass is 35.5. The van der Waals surface area contributed by atoms with Crippen LogP contribution >= 0.6 is 11.6 Å². The van der Waals surface area contributed by atoms with Crippen LogP contribution in [0.25, 0.3) is 0 Å². The van der Waals surface area contributed by atoms with E-state index in [0.29, 0.717) is 22.2 Å². The van der Waals surface area contributed by atoms with Gasteiger partial charge in [0, 0.05) is 5.69 Å². The number of nitrogen functional groups attached to an aromatic ring is 1. The normalized spacial score (nSPS) is 12.0. The van der Waals surface area contributed by atoms with E-state index in [1.807, 2.05) is 19.1 Å². The van der Waals surface area contributed by atoms with Crippen LogP contribution < -0.4 is 15.2 Å². The van der Waals surface area contributed by atoms with E-state index in [9.17, 15) is 5.11 Å². The highest BCUT2D eigenvalue weighted by molar-refractivity contribution is 6.32. The van der Waals surface area contributed by atoms with E-state index >= 15 is 0 Å². The topological polar surface area (TPSA) is 64.7 Å². The summed E-state index contributed by atoms with van der Waals surface area (Å²) in [6.45, 7) is 2.19. The van der Waals surface area contributed by atoms with E-state index in [-0.39, 0.29) is 13.2 Å². The lowest BCUT2D eigenvalue weighted by molar-refractivity contribution is 0.0627. The number of hydrogen-bond donors (Lipinski definition) is 2. The molecule has 0 bridgehead atoms. The Morgan fingerprint density at radius 1 is 1.10 bits per heavy atom. The van der Waals surface area contributed by atoms with Gasteiger partial charge in [0.1, 0.15) is 30.8 Å². The molecule has 2 aromatic rings. The van der Waals surface area contributed by atoms with E-state index in [4.69, 9.17) is 26.8 Å². The minimum atomic E-state index is -0.751. The maximum atomic E-state index is 9.87. The quantitative estimate of drug-likeness (QED) is 0.805. The van der Waals surface area contributed by atoms with Gasteiger partial charge in [-0.1, -0.05) is 17.7 Å². The first-order chi connectivity index (χ1) is 10.0. The summed E-state index contributed by atoms with van der Waals surface area (Å²) in [4.78, 5) is 0. The molecule has 21 heavy (non-hydrogen) atoms. The summed E-state index contributed by atoms with van der Waals surface area (Å²) in [5, 5.41) is 10.4. The minimum Gasteiger partial charge on any atom is -0.491 e. The van der Waals surface area contributed by atoms with Gasteiger partial charge in [-0.2, -0.15) is 0 Å². The summed E-state index contributed by atoms with van der Waals surface area (Å²) in [5.74, 6) is 1.21. The molecule has 0 amide bonds. The lowest BCUT2D eigenvalue weighted by Gasteiger charge is -2.14. The second kappa shape index (κ2) is 7.20. The highest BCUT2D eigenvalue weighted by Crippen LogP contribution is 2.25. The first kappa shape index (κ1) is 15.5. The number of anilines is 1. The van der Waals surface area contributed by atoms with Gasteiger partial charge in [-0.15, -0.1) is 0 Å². The molecule has 2 rings (SSSR count). The van der Waals surface area contributed by atoms with Crippen LogP contribution in [-0.4, -0.2) is 24.4 Å². The molecule has 0 radical (unpaired) electrons. The van der Waals surface area contributed by atoms with Gasteiger partial charge in [0.05, 0.1) is 5.02 Å². The van der Waals surface area contributed by atoms with Crippen molar-refractivity contribution in [2.75, 3.05) is 18.9 Å². The third-order valence-corrected chi connectivity index (χ3v) is 3.15. The summed E-state index contributed by atoms with van der Waals surface area (Å²) in [5.41, 5.74) is 7.29. The SMILES string of the molecule is Cc1ccc(Cl)c(OCC(O)COc2ccc(N)cc2)c1. The average Bonchev–Trinajstić information content (AvgIpc) is 2.47. The van der Waals surface area contributed by atoms with Crippen LogP contribution in [0.1, 0.15) is 5.56 Å². The molecule has 0 aliphatic heterocycles. The average molecular weight is 308 g/mol. The van der Waals surface area contributed by atoms with Gasteiger partial charge in [-0.05, 0) is 48.9 Å². The lowest BCUT2D eigenvalue weighted by atomic mass is 10.2. The Hall–Kier alpha value is -1.91. The zero-order valence-electron chi connectivity index (χ0n) is 11.8. The molecule has 0 aromatic heterocycles. The van der Waals surface area contributed by atoms with Gasteiger partial charge in [0.2, 0.25) is 0 Å². The molecular weight excluding hydrogens is 290 g/mol. The van der Waals surface area contributed by atoms with Crippen molar-refractivity contribution < 1.29 is 14.6 Å². The van der Waals surface area contributed by atoms with Crippen molar-refractivity contribution in [1.82, 2.24) is 0 Å². The van der Waals surface area contributed by atoms with E-state index in [0.717, 1.165) is 5.56 Å². The molecule has 4 nitrogen and oxygen atoms in total. The Bertz CT molecular complexity index is 587. The Morgan fingerprint density at radius 3 is 2.48 bits per heavy atom. The maximum absolute atomic E-state index is 9.87. The molecule has 0 saturated heterocycles. The minimum absolute atomic E-state index is 0.109. The molecule has 0 heterocycles. The van der Waals surface area contributed by atoms with Gasteiger partial charge < -0.3 is 20.3 Å². The standard InChI is InChI=1S/C16H18ClNO3/c1-11-2-7-15(17)16(8-11)21-10-13(19)9-20-14-5-3-12(18)4-6-14/h2-8,13,19H,9-10,18H2,1H3. The fourth-order valence-electron chi connectivity index (χ4n) is 1.71. The first-order valence-electron chi connectivity index (χ1n) is 6.60. The summed E-state index contributed by atoms with van der Waals surface area (Å²) < 4.78 is 11.0. The van der Waals surface area contributed by atoms with E-state index in [1.54, 1.807) is 30.3 Å². The number of benzene rings is 2. The van der Waals surface area contributed by atoms with Crippen molar-refractivity contribution in [3.05, 3.63) is 53.1 Å². The van der Waals surface area contributed by atoms with Crippen molar-refractivity contribution in [3.8, 4) is 11.5 Å². The third-order valence-electron chi connectivity index (χ3n) is 2.84. The van der Waals surface area contributed by atoms with Crippen LogP contribution in [0, 0.1) is 6.92 Å². The number of rotatable bonds is 6. The van der Waals surface area contributed by atoms with Gasteiger partial charge in [0.15, 0.2) is 0 Å². The smallest absolute Gasteiger partial charge is 0.138 e. The molecule has 5 heteroatoms. The maximum Gasteiger partial charge on any atom is 0.138 e. The monoisotopic (exact) mass is 307 g/mol.